The Morgan fingerprint density at radius 3 is 3.00 bits per heavy atom. The van der Waals surface area contributed by atoms with Gasteiger partial charge in [-0.1, -0.05) is 18.2 Å². The van der Waals surface area contributed by atoms with Crippen molar-refractivity contribution in [2.75, 3.05) is 20.3 Å². The lowest BCUT2D eigenvalue weighted by molar-refractivity contribution is -0.671. The Balaban J connectivity index is 1.97. The number of ether oxygens (including phenoxy) is 1. The molecule has 1 heterocycles. The van der Waals surface area contributed by atoms with Crippen LogP contribution in [0.4, 0.5) is 0 Å². The van der Waals surface area contributed by atoms with Crippen LogP contribution in [0.25, 0.3) is 10.1 Å². The molecule has 2 nitrogen and oxygen atoms in total. The van der Waals surface area contributed by atoms with Gasteiger partial charge in [-0.25, -0.2) is 0 Å². The van der Waals surface area contributed by atoms with Crippen LogP contribution in [0.5, 0.6) is 0 Å². The van der Waals surface area contributed by atoms with Gasteiger partial charge in [0.05, 0.1) is 18.0 Å². The molecular formula is C12H16NOS+. The normalized spacial score (nSPS) is 11.0. The van der Waals surface area contributed by atoms with Crippen molar-refractivity contribution in [3.63, 3.8) is 0 Å². The summed E-state index contributed by atoms with van der Waals surface area (Å²) < 4.78 is 6.39. The van der Waals surface area contributed by atoms with E-state index in [0.717, 1.165) is 19.7 Å². The molecule has 0 aliphatic rings. The van der Waals surface area contributed by atoms with E-state index in [1.807, 2.05) is 11.3 Å². The molecule has 0 amide bonds. The van der Waals surface area contributed by atoms with E-state index in [2.05, 4.69) is 35.6 Å². The summed E-state index contributed by atoms with van der Waals surface area (Å²) >= 11 is 1.88. The molecule has 2 aromatic rings. The minimum absolute atomic E-state index is 0.824. The van der Waals surface area contributed by atoms with Crippen molar-refractivity contribution in [3.05, 3.63) is 35.2 Å². The summed E-state index contributed by atoms with van der Waals surface area (Å²) in [7, 11) is 1.74. The highest BCUT2D eigenvalue weighted by Crippen LogP contribution is 2.24. The Morgan fingerprint density at radius 2 is 2.20 bits per heavy atom. The maximum atomic E-state index is 5.01. The molecule has 0 fully saturated rings. The summed E-state index contributed by atoms with van der Waals surface area (Å²) in [4.78, 5) is 1.44. The lowest BCUT2D eigenvalue weighted by Crippen LogP contribution is -2.83. The van der Waals surface area contributed by atoms with Crippen molar-refractivity contribution < 1.29 is 10.1 Å². The van der Waals surface area contributed by atoms with E-state index < -0.39 is 0 Å². The maximum absolute atomic E-state index is 5.01. The van der Waals surface area contributed by atoms with Gasteiger partial charge in [-0.3, -0.25) is 0 Å². The second kappa shape index (κ2) is 5.26. The van der Waals surface area contributed by atoms with Gasteiger partial charge < -0.3 is 10.1 Å². The highest BCUT2D eigenvalue weighted by atomic mass is 32.1. The van der Waals surface area contributed by atoms with Gasteiger partial charge >= 0.3 is 0 Å². The molecule has 1 aromatic carbocycles. The standard InChI is InChI=1S/C12H15NOS/c1-14-7-6-13-9-11-8-10-4-2-3-5-12(10)15-11/h2-5,8,13H,6-7,9H2,1H3/p+1. The summed E-state index contributed by atoms with van der Waals surface area (Å²) in [6, 6.07) is 10.8. The van der Waals surface area contributed by atoms with Gasteiger partial charge in [0.25, 0.3) is 0 Å². The summed E-state index contributed by atoms with van der Waals surface area (Å²) in [6.45, 7) is 2.92. The third kappa shape index (κ3) is 2.78. The molecule has 0 aliphatic heterocycles. The van der Waals surface area contributed by atoms with Gasteiger partial charge in [0.2, 0.25) is 0 Å². The molecule has 0 aliphatic carbocycles. The van der Waals surface area contributed by atoms with Crippen molar-refractivity contribution in [1.29, 1.82) is 0 Å². The first-order valence-corrected chi connectivity index (χ1v) is 6.00. The summed E-state index contributed by atoms with van der Waals surface area (Å²) in [5, 5.41) is 3.64. The molecule has 0 unspecified atom stereocenters. The highest BCUT2D eigenvalue weighted by molar-refractivity contribution is 7.19. The quantitative estimate of drug-likeness (QED) is 0.764. The molecular weight excluding hydrogens is 206 g/mol. The SMILES string of the molecule is COCC[NH2+]Cc1cc2ccccc2s1. The molecule has 2 rings (SSSR count). The Hall–Kier alpha value is -0.900. The Kier molecular flexibility index (Phi) is 3.72. The molecule has 3 heteroatoms. The maximum Gasteiger partial charge on any atom is 0.111 e. The van der Waals surface area contributed by atoms with Crippen molar-refractivity contribution >= 4 is 21.4 Å². The van der Waals surface area contributed by atoms with Gasteiger partial charge in [0.15, 0.2) is 0 Å². The number of hydrogen-bond acceptors (Lipinski definition) is 2. The summed E-state index contributed by atoms with van der Waals surface area (Å²) in [5.41, 5.74) is 0. The number of hydrogen-bond donors (Lipinski definition) is 1. The molecule has 0 radical (unpaired) electrons. The highest BCUT2D eigenvalue weighted by Gasteiger charge is 2.01. The molecule has 0 saturated heterocycles. The molecule has 0 saturated carbocycles. The average molecular weight is 222 g/mol. The third-order valence-corrected chi connectivity index (χ3v) is 3.49. The molecule has 0 atom stereocenters. The topological polar surface area (TPSA) is 25.8 Å². The first-order chi connectivity index (χ1) is 7.40. The number of quaternary nitrogens is 1. The van der Waals surface area contributed by atoms with E-state index in [1.54, 1.807) is 7.11 Å². The monoisotopic (exact) mass is 222 g/mol. The second-order valence-electron chi connectivity index (χ2n) is 3.52. The third-order valence-electron chi connectivity index (χ3n) is 2.35. The number of fused-ring (bicyclic) bond motifs is 1. The van der Waals surface area contributed by atoms with Crippen molar-refractivity contribution in [3.8, 4) is 0 Å². The number of benzene rings is 1. The van der Waals surface area contributed by atoms with Crippen molar-refractivity contribution in [2.45, 2.75) is 6.54 Å². The fourth-order valence-electron chi connectivity index (χ4n) is 1.58. The molecule has 0 spiro atoms. The average Bonchev–Trinajstić information content (AvgIpc) is 2.67. The van der Waals surface area contributed by atoms with Crippen LogP contribution in [0.2, 0.25) is 0 Å². The Labute approximate surface area is 93.9 Å². The molecule has 1 aromatic heterocycles. The lowest BCUT2D eigenvalue weighted by atomic mass is 10.2. The smallest absolute Gasteiger partial charge is 0.111 e. The van der Waals surface area contributed by atoms with E-state index in [-0.39, 0.29) is 0 Å². The zero-order valence-electron chi connectivity index (χ0n) is 8.90. The zero-order chi connectivity index (χ0) is 10.5. The van der Waals surface area contributed by atoms with Crippen LogP contribution in [0.3, 0.4) is 0 Å². The fraction of sp³-hybridized carbons (Fsp3) is 0.333. The van der Waals surface area contributed by atoms with Crippen LogP contribution < -0.4 is 5.32 Å². The lowest BCUT2D eigenvalue weighted by Gasteiger charge is -1.97. The second-order valence-corrected chi connectivity index (χ2v) is 4.69. The minimum atomic E-state index is 0.824. The Morgan fingerprint density at radius 1 is 1.33 bits per heavy atom. The number of methoxy groups -OCH3 is 1. The van der Waals surface area contributed by atoms with Crippen molar-refractivity contribution in [1.82, 2.24) is 0 Å². The van der Waals surface area contributed by atoms with Gasteiger partial charge in [-0.15, -0.1) is 11.3 Å². The molecule has 15 heavy (non-hydrogen) atoms. The van der Waals surface area contributed by atoms with Crippen LogP contribution in [0.1, 0.15) is 4.88 Å². The van der Waals surface area contributed by atoms with Crippen LogP contribution in [-0.4, -0.2) is 20.3 Å². The van der Waals surface area contributed by atoms with E-state index in [9.17, 15) is 0 Å². The van der Waals surface area contributed by atoms with E-state index in [0.29, 0.717) is 0 Å². The van der Waals surface area contributed by atoms with Crippen LogP contribution in [0.15, 0.2) is 30.3 Å². The summed E-state index contributed by atoms with van der Waals surface area (Å²) in [5.74, 6) is 0. The number of thiophene rings is 1. The van der Waals surface area contributed by atoms with E-state index >= 15 is 0 Å². The first kappa shape index (κ1) is 10.6. The van der Waals surface area contributed by atoms with Gasteiger partial charge in [0, 0.05) is 11.8 Å². The van der Waals surface area contributed by atoms with E-state index in [1.165, 1.54) is 15.0 Å². The van der Waals surface area contributed by atoms with Crippen molar-refractivity contribution in [2.24, 2.45) is 0 Å². The fourth-order valence-corrected chi connectivity index (χ4v) is 2.64. The largest absolute Gasteiger partial charge is 0.379 e. The molecule has 0 bridgehead atoms. The molecule has 80 valence electrons. The van der Waals surface area contributed by atoms with Gasteiger partial charge in [0.1, 0.15) is 6.54 Å². The minimum Gasteiger partial charge on any atom is -0.379 e. The predicted octanol–water partition coefficient (Wildman–Crippen LogP) is 1.61. The number of nitrogens with two attached hydrogens (primary N) is 1. The summed E-state index contributed by atoms with van der Waals surface area (Å²) in [6.07, 6.45) is 0. The predicted molar refractivity (Wildman–Crippen MR) is 64.2 cm³/mol. The van der Waals surface area contributed by atoms with E-state index in [4.69, 9.17) is 4.74 Å². The van der Waals surface area contributed by atoms with Crippen LogP contribution in [0, 0.1) is 0 Å². The number of rotatable bonds is 5. The molecule has 2 N–H and O–H groups in total. The Bertz CT molecular complexity index is 391. The van der Waals surface area contributed by atoms with Gasteiger partial charge in [-0.05, 0) is 17.5 Å². The zero-order valence-corrected chi connectivity index (χ0v) is 9.72. The van der Waals surface area contributed by atoms with Crippen LogP contribution >= 0.6 is 11.3 Å². The van der Waals surface area contributed by atoms with Gasteiger partial charge in [-0.2, -0.15) is 0 Å². The van der Waals surface area contributed by atoms with Crippen LogP contribution in [-0.2, 0) is 11.3 Å². The first-order valence-electron chi connectivity index (χ1n) is 5.18.